The molecular formula is C12H17F2NO3S. The molecule has 0 amide bonds. The summed E-state index contributed by atoms with van der Waals surface area (Å²) in [5.41, 5.74) is 0. The summed E-state index contributed by atoms with van der Waals surface area (Å²) in [5, 5.41) is 9.53. The molecule has 1 atom stereocenters. The van der Waals surface area contributed by atoms with Crippen molar-refractivity contribution in [3.05, 3.63) is 29.8 Å². The second kappa shape index (κ2) is 6.40. The minimum atomic E-state index is -4.03. The molecule has 0 radical (unpaired) electrons. The number of halogens is 2. The molecule has 2 N–H and O–H groups in total. The van der Waals surface area contributed by atoms with E-state index >= 15 is 0 Å². The zero-order chi connectivity index (χ0) is 14.6. The normalized spacial score (nSPS) is 13.8. The van der Waals surface area contributed by atoms with Crippen molar-refractivity contribution in [1.29, 1.82) is 0 Å². The van der Waals surface area contributed by atoms with Gasteiger partial charge in [-0.2, -0.15) is 0 Å². The summed E-state index contributed by atoms with van der Waals surface area (Å²) in [6.45, 7) is 3.59. The molecule has 0 saturated heterocycles. The van der Waals surface area contributed by atoms with E-state index in [2.05, 4.69) is 4.72 Å². The standard InChI is InChI=1S/C12H17F2NO3S/c1-8(2)11(16)5-6-15-19(17,18)12-4-3-9(13)7-10(12)14/h3-4,7-8,11,15-16H,5-6H2,1-2H3. The van der Waals surface area contributed by atoms with Gasteiger partial charge in [0.1, 0.15) is 16.5 Å². The Morgan fingerprint density at radius 1 is 1.32 bits per heavy atom. The molecule has 1 aromatic rings. The fraction of sp³-hybridized carbons (Fsp3) is 0.500. The van der Waals surface area contributed by atoms with Crippen molar-refractivity contribution in [2.24, 2.45) is 5.92 Å². The van der Waals surface area contributed by atoms with Gasteiger partial charge < -0.3 is 5.11 Å². The number of sulfonamides is 1. The van der Waals surface area contributed by atoms with E-state index in [1.165, 1.54) is 0 Å². The third-order valence-corrected chi connectivity index (χ3v) is 4.18. The van der Waals surface area contributed by atoms with Gasteiger partial charge >= 0.3 is 0 Å². The van der Waals surface area contributed by atoms with Crippen LogP contribution in [0.3, 0.4) is 0 Å². The number of nitrogens with one attached hydrogen (secondary N) is 1. The monoisotopic (exact) mass is 293 g/mol. The lowest BCUT2D eigenvalue weighted by Gasteiger charge is -2.14. The van der Waals surface area contributed by atoms with Gasteiger partial charge in [-0.05, 0) is 24.5 Å². The Morgan fingerprint density at radius 3 is 2.47 bits per heavy atom. The maximum absolute atomic E-state index is 13.4. The van der Waals surface area contributed by atoms with Gasteiger partial charge in [-0.25, -0.2) is 21.9 Å². The average Bonchev–Trinajstić information content (AvgIpc) is 2.27. The molecule has 0 aliphatic carbocycles. The molecule has 0 bridgehead atoms. The SMILES string of the molecule is CC(C)C(O)CCNS(=O)(=O)c1ccc(F)cc1F. The lowest BCUT2D eigenvalue weighted by atomic mass is 10.1. The van der Waals surface area contributed by atoms with Crippen molar-refractivity contribution in [2.45, 2.75) is 31.3 Å². The molecule has 1 rings (SSSR count). The minimum Gasteiger partial charge on any atom is -0.393 e. The fourth-order valence-corrected chi connectivity index (χ4v) is 2.55. The molecule has 0 fully saturated rings. The molecule has 7 heteroatoms. The van der Waals surface area contributed by atoms with Crippen molar-refractivity contribution in [3.8, 4) is 0 Å². The first-order chi connectivity index (χ1) is 8.74. The van der Waals surface area contributed by atoms with Crippen LogP contribution in [0.1, 0.15) is 20.3 Å². The van der Waals surface area contributed by atoms with Crippen LogP contribution in [0.2, 0.25) is 0 Å². The van der Waals surface area contributed by atoms with Gasteiger partial charge in [0, 0.05) is 12.6 Å². The lowest BCUT2D eigenvalue weighted by Crippen LogP contribution is -2.29. The zero-order valence-electron chi connectivity index (χ0n) is 10.7. The number of benzene rings is 1. The molecule has 1 aromatic carbocycles. The summed E-state index contributed by atoms with van der Waals surface area (Å²) < 4.78 is 51.7. The van der Waals surface area contributed by atoms with Crippen molar-refractivity contribution in [2.75, 3.05) is 6.54 Å². The van der Waals surface area contributed by atoms with E-state index in [0.29, 0.717) is 6.07 Å². The molecule has 0 heterocycles. The molecule has 108 valence electrons. The van der Waals surface area contributed by atoms with Crippen LogP contribution in [0.15, 0.2) is 23.1 Å². The molecule has 0 spiro atoms. The molecule has 4 nitrogen and oxygen atoms in total. The highest BCUT2D eigenvalue weighted by molar-refractivity contribution is 7.89. The minimum absolute atomic E-state index is 0.00654. The van der Waals surface area contributed by atoms with Gasteiger partial charge in [-0.1, -0.05) is 13.8 Å². The Bertz CT molecular complexity index is 532. The number of aliphatic hydroxyl groups is 1. The third kappa shape index (κ3) is 4.52. The van der Waals surface area contributed by atoms with Crippen molar-refractivity contribution in [3.63, 3.8) is 0 Å². The summed E-state index contributed by atoms with van der Waals surface area (Å²) in [4.78, 5) is -0.604. The van der Waals surface area contributed by atoms with Crippen LogP contribution < -0.4 is 4.72 Å². The smallest absolute Gasteiger partial charge is 0.243 e. The van der Waals surface area contributed by atoms with Gasteiger partial charge in [0.2, 0.25) is 10.0 Å². The Hall–Kier alpha value is -1.05. The molecular weight excluding hydrogens is 276 g/mol. The van der Waals surface area contributed by atoms with E-state index in [1.54, 1.807) is 13.8 Å². The highest BCUT2D eigenvalue weighted by Gasteiger charge is 2.19. The van der Waals surface area contributed by atoms with Crippen molar-refractivity contribution >= 4 is 10.0 Å². The molecule has 0 aromatic heterocycles. The van der Waals surface area contributed by atoms with Gasteiger partial charge in [0.25, 0.3) is 0 Å². The van der Waals surface area contributed by atoms with Gasteiger partial charge in [-0.3, -0.25) is 0 Å². The molecule has 0 aliphatic heterocycles. The fourth-order valence-electron chi connectivity index (χ4n) is 1.45. The maximum atomic E-state index is 13.4. The predicted octanol–water partition coefficient (Wildman–Crippen LogP) is 1.65. The van der Waals surface area contributed by atoms with Crippen molar-refractivity contribution < 1.29 is 22.3 Å². The van der Waals surface area contributed by atoms with Crippen LogP contribution in [0.5, 0.6) is 0 Å². The van der Waals surface area contributed by atoms with Crippen LogP contribution in [0, 0.1) is 17.6 Å². The molecule has 0 aliphatic rings. The van der Waals surface area contributed by atoms with Crippen LogP contribution in [-0.2, 0) is 10.0 Å². The van der Waals surface area contributed by atoms with E-state index in [1.807, 2.05) is 0 Å². The largest absolute Gasteiger partial charge is 0.393 e. The van der Waals surface area contributed by atoms with Crippen molar-refractivity contribution in [1.82, 2.24) is 4.72 Å². The van der Waals surface area contributed by atoms with Gasteiger partial charge in [0.15, 0.2) is 0 Å². The average molecular weight is 293 g/mol. The van der Waals surface area contributed by atoms with E-state index in [-0.39, 0.29) is 18.9 Å². The number of hydrogen-bond donors (Lipinski definition) is 2. The zero-order valence-corrected chi connectivity index (χ0v) is 11.5. The Kier molecular flexibility index (Phi) is 5.39. The van der Waals surface area contributed by atoms with E-state index < -0.39 is 32.7 Å². The lowest BCUT2D eigenvalue weighted by molar-refractivity contribution is 0.118. The first kappa shape index (κ1) is 16.0. The van der Waals surface area contributed by atoms with E-state index in [4.69, 9.17) is 0 Å². The summed E-state index contributed by atoms with van der Waals surface area (Å²) in [6.07, 6.45) is -0.416. The first-order valence-electron chi connectivity index (χ1n) is 5.87. The highest BCUT2D eigenvalue weighted by Crippen LogP contribution is 2.15. The first-order valence-corrected chi connectivity index (χ1v) is 7.35. The Morgan fingerprint density at radius 2 is 1.95 bits per heavy atom. The summed E-state index contributed by atoms with van der Waals surface area (Å²) in [7, 11) is -4.03. The molecule has 0 saturated carbocycles. The van der Waals surface area contributed by atoms with Crippen LogP contribution in [0.4, 0.5) is 8.78 Å². The molecule has 1 unspecified atom stereocenters. The summed E-state index contributed by atoms with van der Waals surface area (Å²) in [5.74, 6) is -1.98. The number of hydrogen-bond acceptors (Lipinski definition) is 3. The number of rotatable bonds is 6. The quantitative estimate of drug-likeness (QED) is 0.838. The Labute approximate surface area is 111 Å². The van der Waals surface area contributed by atoms with Gasteiger partial charge in [0.05, 0.1) is 6.10 Å². The maximum Gasteiger partial charge on any atom is 0.243 e. The second-order valence-electron chi connectivity index (χ2n) is 4.57. The highest BCUT2D eigenvalue weighted by atomic mass is 32.2. The van der Waals surface area contributed by atoms with E-state index in [0.717, 1.165) is 12.1 Å². The van der Waals surface area contributed by atoms with Crippen LogP contribution >= 0.6 is 0 Å². The molecule has 19 heavy (non-hydrogen) atoms. The third-order valence-electron chi connectivity index (χ3n) is 2.69. The van der Waals surface area contributed by atoms with Crippen LogP contribution in [0.25, 0.3) is 0 Å². The van der Waals surface area contributed by atoms with Gasteiger partial charge in [-0.15, -0.1) is 0 Å². The Balaban J connectivity index is 2.71. The summed E-state index contributed by atoms with van der Waals surface area (Å²) >= 11 is 0. The number of aliphatic hydroxyl groups excluding tert-OH is 1. The predicted molar refractivity (Wildman–Crippen MR) is 67.0 cm³/mol. The topological polar surface area (TPSA) is 66.4 Å². The second-order valence-corrected chi connectivity index (χ2v) is 6.31. The summed E-state index contributed by atoms with van der Waals surface area (Å²) in [6, 6.07) is 2.25. The van der Waals surface area contributed by atoms with E-state index in [9.17, 15) is 22.3 Å². The van der Waals surface area contributed by atoms with Crippen LogP contribution in [-0.4, -0.2) is 26.2 Å².